The van der Waals surface area contributed by atoms with E-state index >= 15 is 0 Å². The minimum atomic E-state index is -3.43. The van der Waals surface area contributed by atoms with E-state index in [0.29, 0.717) is 29.9 Å². The van der Waals surface area contributed by atoms with Crippen molar-refractivity contribution >= 4 is 21.4 Å². The number of hydrogen-bond acceptors (Lipinski definition) is 5. The molecular weight excluding hydrogens is 284 g/mol. The molecule has 0 spiro atoms. The highest BCUT2D eigenvalue weighted by Gasteiger charge is 2.26. The number of ether oxygens (including phenoxy) is 1. The maximum atomic E-state index is 12.2. The van der Waals surface area contributed by atoms with Gasteiger partial charge in [-0.15, -0.1) is 11.3 Å². The molecule has 0 amide bonds. The lowest BCUT2D eigenvalue weighted by molar-refractivity contribution is 0.0586. The minimum Gasteiger partial charge on any atom is -0.381 e. The highest BCUT2D eigenvalue weighted by Crippen LogP contribution is 2.23. The maximum absolute atomic E-state index is 12.2. The summed E-state index contributed by atoms with van der Waals surface area (Å²) >= 11 is 1.21. The molecule has 1 fully saturated rings. The van der Waals surface area contributed by atoms with Crippen LogP contribution in [0.1, 0.15) is 25.3 Å². The van der Waals surface area contributed by atoms with Crippen molar-refractivity contribution in [2.75, 3.05) is 13.2 Å². The number of hydrogen-bond donors (Lipinski definition) is 2. The lowest BCUT2D eigenvalue weighted by atomic mass is 9.94. The average molecular weight is 304 g/mol. The molecule has 1 saturated heterocycles. The zero-order valence-corrected chi connectivity index (χ0v) is 12.6. The smallest absolute Gasteiger partial charge is 0.250 e. The van der Waals surface area contributed by atoms with Crippen LogP contribution in [0.5, 0.6) is 0 Å². The van der Waals surface area contributed by atoms with Crippen LogP contribution >= 0.6 is 11.3 Å². The first-order valence-corrected chi connectivity index (χ1v) is 8.77. The molecule has 7 heteroatoms. The summed E-state index contributed by atoms with van der Waals surface area (Å²) in [6, 6.07) is 1.57. The molecule has 3 N–H and O–H groups in total. The van der Waals surface area contributed by atoms with Crippen LogP contribution in [-0.2, 0) is 21.3 Å². The topological polar surface area (TPSA) is 81.4 Å². The predicted molar refractivity (Wildman–Crippen MR) is 75.5 cm³/mol. The molecule has 108 valence electrons. The van der Waals surface area contributed by atoms with Crippen LogP contribution in [0.3, 0.4) is 0 Å². The van der Waals surface area contributed by atoms with Crippen LogP contribution in [0, 0.1) is 5.92 Å². The summed E-state index contributed by atoms with van der Waals surface area (Å²) in [5.74, 6) is 0.345. The van der Waals surface area contributed by atoms with E-state index in [9.17, 15) is 8.42 Å². The van der Waals surface area contributed by atoms with E-state index in [-0.39, 0.29) is 6.04 Å². The maximum Gasteiger partial charge on any atom is 0.250 e. The Morgan fingerprint density at radius 3 is 2.79 bits per heavy atom. The van der Waals surface area contributed by atoms with Gasteiger partial charge < -0.3 is 10.5 Å². The molecule has 1 unspecified atom stereocenters. The van der Waals surface area contributed by atoms with Crippen molar-refractivity contribution in [3.05, 3.63) is 17.0 Å². The van der Waals surface area contributed by atoms with Gasteiger partial charge in [0.2, 0.25) is 10.0 Å². The van der Waals surface area contributed by atoms with Gasteiger partial charge in [0.25, 0.3) is 0 Å². The van der Waals surface area contributed by atoms with Gasteiger partial charge >= 0.3 is 0 Å². The first-order chi connectivity index (χ1) is 9.03. The molecule has 1 aromatic heterocycles. The molecule has 0 bridgehead atoms. The molecule has 1 atom stereocenters. The Balaban J connectivity index is 2.03. The lowest BCUT2D eigenvalue weighted by Gasteiger charge is -2.27. The summed E-state index contributed by atoms with van der Waals surface area (Å²) in [4.78, 5) is 0. The predicted octanol–water partition coefficient (Wildman–Crippen LogP) is 1.30. The fraction of sp³-hybridized carbons (Fsp3) is 0.667. The standard InChI is InChI=1S/C12H20N2O3S2/c1-9(11-2-4-17-5-3-11)14-19(15,16)12-6-10(7-13)8-18-12/h6,8-9,11,14H,2-5,7,13H2,1H3. The molecule has 0 aromatic carbocycles. The van der Waals surface area contributed by atoms with Gasteiger partial charge in [-0.2, -0.15) is 0 Å². The first-order valence-electron chi connectivity index (χ1n) is 6.40. The Labute approximate surface area is 118 Å². The molecule has 2 rings (SSSR count). The fourth-order valence-electron chi connectivity index (χ4n) is 2.22. The Kier molecular flexibility index (Phi) is 4.97. The van der Waals surface area contributed by atoms with Gasteiger partial charge in [0.05, 0.1) is 0 Å². The largest absolute Gasteiger partial charge is 0.381 e. The Morgan fingerprint density at radius 2 is 2.21 bits per heavy atom. The van der Waals surface area contributed by atoms with E-state index < -0.39 is 10.0 Å². The van der Waals surface area contributed by atoms with Gasteiger partial charge in [0.1, 0.15) is 4.21 Å². The summed E-state index contributed by atoms with van der Waals surface area (Å²) < 4.78 is 32.9. The van der Waals surface area contributed by atoms with Crippen LogP contribution in [-0.4, -0.2) is 27.7 Å². The summed E-state index contributed by atoms with van der Waals surface area (Å²) in [5, 5.41) is 1.79. The summed E-state index contributed by atoms with van der Waals surface area (Å²) in [7, 11) is -3.43. The van der Waals surface area contributed by atoms with Crippen LogP contribution in [0.15, 0.2) is 15.7 Å². The molecule has 19 heavy (non-hydrogen) atoms. The normalized spacial score (nSPS) is 19.5. The second-order valence-electron chi connectivity index (χ2n) is 4.84. The zero-order valence-electron chi connectivity index (χ0n) is 11.0. The summed E-state index contributed by atoms with van der Waals surface area (Å²) in [6.45, 7) is 3.71. The van der Waals surface area contributed by atoms with Crippen molar-refractivity contribution in [1.82, 2.24) is 4.72 Å². The highest BCUT2D eigenvalue weighted by atomic mass is 32.2. The molecule has 5 nitrogen and oxygen atoms in total. The van der Waals surface area contributed by atoms with Crippen molar-refractivity contribution in [1.29, 1.82) is 0 Å². The third-order valence-corrected chi connectivity index (χ3v) is 6.49. The van der Waals surface area contributed by atoms with Gasteiger partial charge in [-0.3, -0.25) is 0 Å². The van der Waals surface area contributed by atoms with E-state index in [2.05, 4.69) is 4.72 Å². The quantitative estimate of drug-likeness (QED) is 0.859. The van der Waals surface area contributed by atoms with Gasteiger partial charge in [-0.05, 0) is 42.7 Å². The summed E-state index contributed by atoms with van der Waals surface area (Å²) in [6.07, 6.45) is 1.81. The van der Waals surface area contributed by atoms with Crippen LogP contribution in [0.4, 0.5) is 0 Å². The Bertz CT molecular complexity index is 507. The van der Waals surface area contributed by atoms with Crippen molar-refractivity contribution in [2.24, 2.45) is 11.7 Å². The Hall–Kier alpha value is -0.470. The molecular formula is C12H20N2O3S2. The van der Waals surface area contributed by atoms with Crippen molar-refractivity contribution in [3.8, 4) is 0 Å². The van der Waals surface area contributed by atoms with Crippen molar-refractivity contribution in [2.45, 2.75) is 36.6 Å². The molecule has 1 aromatic rings. The molecule has 0 radical (unpaired) electrons. The number of thiophene rings is 1. The van der Waals surface area contributed by atoms with Gasteiger partial charge in [-0.1, -0.05) is 0 Å². The lowest BCUT2D eigenvalue weighted by Crippen LogP contribution is -2.40. The van der Waals surface area contributed by atoms with E-state index in [1.54, 1.807) is 11.4 Å². The minimum absolute atomic E-state index is 0.0719. The number of rotatable bonds is 5. The first kappa shape index (κ1) is 14.9. The molecule has 2 heterocycles. The van der Waals surface area contributed by atoms with E-state index in [0.717, 1.165) is 18.4 Å². The highest BCUT2D eigenvalue weighted by molar-refractivity contribution is 7.91. The zero-order chi connectivity index (χ0) is 13.9. The van der Waals surface area contributed by atoms with Gasteiger partial charge in [0, 0.05) is 25.8 Å². The number of nitrogens with one attached hydrogen (secondary N) is 1. The third-order valence-electron chi connectivity index (χ3n) is 3.44. The van der Waals surface area contributed by atoms with E-state index in [1.165, 1.54) is 11.3 Å². The van der Waals surface area contributed by atoms with Crippen molar-refractivity contribution < 1.29 is 13.2 Å². The number of nitrogens with two attached hydrogens (primary N) is 1. The third kappa shape index (κ3) is 3.76. The monoisotopic (exact) mass is 304 g/mol. The number of sulfonamides is 1. The van der Waals surface area contributed by atoms with Gasteiger partial charge in [-0.25, -0.2) is 13.1 Å². The fourth-order valence-corrected chi connectivity index (χ4v) is 4.77. The molecule has 1 aliphatic heterocycles. The summed E-state index contributed by atoms with van der Waals surface area (Å²) in [5.41, 5.74) is 6.35. The second kappa shape index (κ2) is 6.32. The molecule has 0 saturated carbocycles. The average Bonchev–Trinajstić information content (AvgIpc) is 2.89. The second-order valence-corrected chi connectivity index (χ2v) is 7.69. The van der Waals surface area contributed by atoms with Crippen LogP contribution in [0.2, 0.25) is 0 Å². The van der Waals surface area contributed by atoms with Crippen LogP contribution in [0.25, 0.3) is 0 Å². The van der Waals surface area contributed by atoms with E-state index in [4.69, 9.17) is 10.5 Å². The van der Waals surface area contributed by atoms with Crippen LogP contribution < -0.4 is 10.5 Å². The molecule has 0 aliphatic carbocycles. The van der Waals surface area contributed by atoms with Crippen molar-refractivity contribution in [3.63, 3.8) is 0 Å². The molecule has 1 aliphatic rings. The van der Waals surface area contributed by atoms with Gasteiger partial charge in [0.15, 0.2) is 0 Å². The SMILES string of the molecule is CC(NS(=O)(=O)c1cc(CN)cs1)C1CCOCC1. The van der Waals surface area contributed by atoms with E-state index in [1.807, 2.05) is 6.92 Å². The Morgan fingerprint density at radius 1 is 1.53 bits per heavy atom.